The molecule has 1 unspecified atom stereocenters. The predicted molar refractivity (Wildman–Crippen MR) is 107 cm³/mol. The Bertz CT molecular complexity index is 769. The lowest BCUT2D eigenvalue weighted by molar-refractivity contribution is 0.790. The van der Waals surface area contributed by atoms with Crippen molar-refractivity contribution in [2.45, 2.75) is 41.0 Å². The molecule has 1 aliphatic rings. The molecule has 24 heavy (non-hydrogen) atoms. The molecule has 0 amide bonds. The average Bonchev–Trinajstić information content (AvgIpc) is 2.52. The SMILES string of the molecule is C=C(N)/C=C\C(CC)/C(=C/C)c1ccc(C2=C(C)C=C2C)cc1C. The van der Waals surface area contributed by atoms with Gasteiger partial charge in [-0.2, -0.15) is 0 Å². The third-order valence-corrected chi connectivity index (χ3v) is 4.74. The molecule has 0 spiro atoms. The Kier molecular flexibility index (Phi) is 5.66. The maximum Gasteiger partial charge on any atom is 0.0237 e. The van der Waals surface area contributed by atoms with Gasteiger partial charge in [0.25, 0.3) is 0 Å². The molecule has 1 nitrogen and oxygen atoms in total. The molecule has 1 aromatic carbocycles. The highest BCUT2D eigenvalue weighted by Crippen LogP contribution is 2.37. The van der Waals surface area contributed by atoms with Crippen molar-refractivity contribution in [3.05, 3.63) is 82.6 Å². The molecular weight excluding hydrogens is 290 g/mol. The summed E-state index contributed by atoms with van der Waals surface area (Å²) in [7, 11) is 0. The van der Waals surface area contributed by atoms with Gasteiger partial charge in [-0.3, -0.25) is 0 Å². The first-order valence-corrected chi connectivity index (χ1v) is 8.68. The minimum absolute atomic E-state index is 0.353. The van der Waals surface area contributed by atoms with E-state index in [9.17, 15) is 0 Å². The van der Waals surface area contributed by atoms with E-state index in [0.29, 0.717) is 11.6 Å². The molecule has 2 N–H and O–H groups in total. The van der Waals surface area contributed by atoms with Crippen LogP contribution in [-0.2, 0) is 0 Å². The van der Waals surface area contributed by atoms with Crippen LogP contribution in [0.5, 0.6) is 0 Å². The largest absolute Gasteiger partial charge is 0.399 e. The van der Waals surface area contributed by atoms with Gasteiger partial charge in [-0.05, 0) is 79.2 Å². The van der Waals surface area contributed by atoms with Crippen molar-refractivity contribution in [1.82, 2.24) is 0 Å². The van der Waals surface area contributed by atoms with Crippen LogP contribution in [0.2, 0.25) is 0 Å². The highest BCUT2D eigenvalue weighted by Gasteiger charge is 2.17. The molecule has 0 fully saturated rings. The zero-order chi connectivity index (χ0) is 17.9. The highest BCUT2D eigenvalue weighted by molar-refractivity contribution is 5.89. The highest BCUT2D eigenvalue weighted by atomic mass is 14.5. The van der Waals surface area contributed by atoms with Crippen LogP contribution in [0, 0.1) is 12.8 Å². The van der Waals surface area contributed by atoms with E-state index in [0.717, 1.165) is 6.42 Å². The van der Waals surface area contributed by atoms with Gasteiger partial charge in [0.15, 0.2) is 0 Å². The van der Waals surface area contributed by atoms with E-state index in [1.54, 1.807) is 0 Å². The summed E-state index contributed by atoms with van der Waals surface area (Å²) in [4.78, 5) is 0. The molecule has 1 aliphatic carbocycles. The molecular formula is C23H29N. The lowest BCUT2D eigenvalue weighted by atomic mass is 9.82. The molecule has 1 heteroatoms. The Hall–Kier alpha value is -2.28. The number of allylic oxidation sites excluding steroid dienone is 8. The maximum atomic E-state index is 5.70. The van der Waals surface area contributed by atoms with Crippen LogP contribution in [0.4, 0.5) is 0 Å². The Morgan fingerprint density at radius 3 is 2.42 bits per heavy atom. The van der Waals surface area contributed by atoms with Gasteiger partial charge >= 0.3 is 0 Å². The Morgan fingerprint density at radius 1 is 1.25 bits per heavy atom. The molecule has 0 saturated carbocycles. The number of benzene rings is 1. The molecule has 0 heterocycles. The van der Waals surface area contributed by atoms with Crippen LogP contribution in [-0.4, -0.2) is 0 Å². The standard InChI is InChI=1S/C23H29N/c1-7-19(10-9-18(6)24)21(8-2)22-12-11-20(14-15(22)3)23-16(4)13-17(23)5/h8-14,19H,6-7,24H2,1-5H3/b10-9-,21-8-. The van der Waals surface area contributed by atoms with Crippen molar-refractivity contribution >= 4 is 11.1 Å². The fourth-order valence-electron chi connectivity index (χ4n) is 3.57. The zero-order valence-electron chi connectivity index (χ0n) is 15.6. The summed E-state index contributed by atoms with van der Waals surface area (Å²) in [5, 5.41) is 0. The summed E-state index contributed by atoms with van der Waals surface area (Å²) in [5.41, 5.74) is 15.8. The fraction of sp³-hybridized carbons (Fsp3) is 0.304. The number of hydrogen-bond donors (Lipinski definition) is 1. The lowest BCUT2D eigenvalue weighted by Crippen LogP contribution is -2.04. The zero-order valence-corrected chi connectivity index (χ0v) is 15.6. The van der Waals surface area contributed by atoms with Gasteiger partial charge in [0.2, 0.25) is 0 Å². The predicted octanol–water partition coefficient (Wildman–Crippen LogP) is 6.19. The average molecular weight is 319 g/mol. The van der Waals surface area contributed by atoms with E-state index in [4.69, 9.17) is 5.73 Å². The second-order valence-corrected chi connectivity index (χ2v) is 6.61. The molecule has 1 aromatic rings. The maximum absolute atomic E-state index is 5.70. The molecule has 0 saturated heterocycles. The molecule has 0 aliphatic heterocycles. The van der Waals surface area contributed by atoms with Crippen molar-refractivity contribution < 1.29 is 0 Å². The van der Waals surface area contributed by atoms with E-state index in [-0.39, 0.29) is 0 Å². The topological polar surface area (TPSA) is 26.0 Å². The molecule has 0 radical (unpaired) electrons. The number of rotatable bonds is 6. The van der Waals surface area contributed by atoms with Crippen LogP contribution >= 0.6 is 0 Å². The third kappa shape index (κ3) is 3.62. The summed E-state index contributed by atoms with van der Waals surface area (Å²) in [6.07, 6.45) is 9.58. The Balaban J connectivity index is 2.37. The van der Waals surface area contributed by atoms with E-state index in [1.165, 1.54) is 39.0 Å². The fourth-order valence-corrected chi connectivity index (χ4v) is 3.57. The molecule has 0 aromatic heterocycles. The van der Waals surface area contributed by atoms with Crippen LogP contribution in [0.25, 0.3) is 11.1 Å². The summed E-state index contributed by atoms with van der Waals surface area (Å²) < 4.78 is 0. The van der Waals surface area contributed by atoms with Gasteiger partial charge in [0.1, 0.15) is 0 Å². The van der Waals surface area contributed by atoms with Crippen molar-refractivity contribution in [2.24, 2.45) is 11.7 Å². The van der Waals surface area contributed by atoms with Crippen LogP contribution in [0.15, 0.2) is 65.9 Å². The van der Waals surface area contributed by atoms with Gasteiger partial charge in [-0.15, -0.1) is 0 Å². The van der Waals surface area contributed by atoms with Crippen molar-refractivity contribution in [1.29, 1.82) is 0 Å². The first-order valence-electron chi connectivity index (χ1n) is 8.68. The van der Waals surface area contributed by atoms with Crippen LogP contribution in [0.1, 0.15) is 50.8 Å². The van der Waals surface area contributed by atoms with Gasteiger partial charge in [-0.25, -0.2) is 0 Å². The second kappa shape index (κ2) is 7.53. The molecule has 126 valence electrons. The van der Waals surface area contributed by atoms with E-state index >= 15 is 0 Å². The van der Waals surface area contributed by atoms with Crippen molar-refractivity contribution in [3.63, 3.8) is 0 Å². The molecule has 0 bridgehead atoms. The molecule has 1 atom stereocenters. The summed E-state index contributed by atoms with van der Waals surface area (Å²) in [6.45, 7) is 14.6. The first-order chi connectivity index (χ1) is 11.4. The third-order valence-electron chi connectivity index (χ3n) is 4.74. The Labute approximate surface area is 147 Å². The van der Waals surface area contributed by atoms with Gasteiger partial charge < -0.3 is 5.73 Å². The van der Waals surface area contributed by atoms with E-state index in [1.807, 2.05) is 6.08 Å². The summed E-state index contributed by atoms with van der Waals surface area (Å²) in [6, 6.07) is 6.82. The smallest absolute Gasteiger partial charge is 0.0237 e. The quantitative estimate of drug-likeness (QED) is 0.622. The van der Waals surface area contributed by atoms with Crippen molar-refractivity contribution in [3.8, 4) is 0 Å². The van der Waals surface area contributed by atoms with Gasteiger partial charge in [-0.1, -0.05) is 49.9 Å². The summed E-state index contributed by atoms with van der Waals surface area (Å²) >= 11 is 0. The second-order valence-electron chi connectivity index (χ2n) is 6.61. The molecule has 2 rings (SSSR count). The van der Waals surface area contributed by atoms with E-state index in [2.05, 4.69) is 77.6 Å². The number of aryl methyl sites for hydroxylation is 1. The van der Waals surface area contributed by atoms with Gasteiger partial charge in [0.05, 0.1) is 0 Å². The van der Waals surface area contributed by atoms with E-state index < -0.39 is 0 Å². The Morgan fingerprint density at radius 2 is 1.96 bits per heavy atom. The van der Waals surface area contributed by atoms with Crippen molar-refractivity contribution in [2.75, 3.05) is 0 Å². The minimum Gasteiger partial charge on any atom is -0.399 e. The normalized spacial score (nSPS) is 16.2. The van der Waals surface area contributed by atoms with Crippen LogP contribution < -0.4 is 5.73 Å². The lowest BCUT2D eigenvalue weighted by Gasteiger charge is -2.22. The number of nitrogens with two attached hydrogens (primary N) is 1. The first kappa shape index (κ1) is 18.1. The summed E-state index contributed by atoms with van der Waals surface area (Å²) in [5.74, 6) is 0.353. The van der Waals surface area contributed by atoms with Gasteiger partial charge in [0, 0.05) is 11.6 Å². The minimum atomic E-state index is 0.353. The van der Waals surface area contributed by atoms with Crippen LogP contribution in [0.3, 0.4) is 0 Å². The number of hydrogen-bond acceptors (Lipinski definition) is 1. The monoisotopic (exact) mass is 319 g/mol.